The van der Waals surface area contributed by atoms with Gasteiger partial charge in [-0.05, 0) is 31.2 Å². The highest BCUT2D eigenvalue weighted by Crippen LogP contribution is 2.32. The molecule has 0 aliphatic carbocycles. The Morgan fingerprint density at radius 2 is 2.00 bits per heavy atom. The second-order valence-corrected chi connectivity index (χ2v) is 7.47. The number of benzene rings is 2. The molecule has 0 radical (unpaired) electrons. The first-order valence-electron chi connectivity index (χ1n) is 6.99. The Labute approximate surface area is 142 Å². The van der Waals surface area contributed by atoms with Gasteiger partial charge in [0.25, 0.3) is 0 Å². The van der Waals surface area contributed by atoms with Gasteiger partial charge in [-0.3, -0.25) is 4.79 Å². The minimum absolute atomic E-state index is 0.142. The number of carbonyl (C=O) groups excluding carboxylic acids is 1. The van der Waals surface area contributed by atoms with Crippen molar-refractivity contribution in [2.24, 2.45) is 0 Å². The van der Waals surface area contributed by atoms with E-state index >= 15 is 0 Å². The van der Waals surface area contributed by atoms with Crippen molar-refractivity contribution in [3.63, 3.8) is 0 Å². The summed E-state index contributed by atoms with van der Waals surface area (Å²) in [6, 6.07) is 17.0. The van der Waals surface area contributed by atoms with Crippen LogP contribution in [0.4, 0.5) is 5.69 Å². The van der Waals surface area contributed by atoms with E-state index in [4.69, 9.17) is 5.26 Å². The standard InChI is InChI=1S/C17H13N3OS2/c1-11(16(21)19-13-7-3-2-6-12(13)10-18)22-17-20-14-8-4-5-9-15(14)23-17/h2-9,11H,1H3,(H,19,21). The minimum Gasteiger partial charge on any atom is -0.324 e. The van der Waals surface area contributed by atoms with Crippen molar-refractivity contribution in [2.75, 3.05) is 5.32 Å². The third kappa shape index (κ3) is 3.52. The van der Waals surface area contributed by atoms with Crippen molar-refractivity contribution in [2.45, 2.75) is 16.5 Å². The van der Waals surface area contributed by atoms with Crippen LogP contribution in [0.1, 0.15) is 12.5 Å². The Morgan fingerprint density at radius 1 is 1.26 bits per heavy atom. The number of thiazole rings is 1. The maximum absolute atomic E-state index is 12.3. The topological polar surface area (TPSA) is 65.8 Å². The monoisotopic (exact) mass is 339 g/mol. The molecule has 1 N–H and O–H groups in total. The molecule has 1 unspecified atom stereocenters. The fraction of sp³-hybridized carbons (Fsp3) is 0.118. The van der Waals surface area contributed by atoms with Crippen LogP contribution in [0, 0.1) is 11.3 Å². The van der Waals surface area contributed by atoms with Crippen LogP contribution in [0.25, 0.3) is 10.2 Å². The summed E-state index contributed by atoms with van der Waals surface area (Å²) in [7, 11) is 0. The van der Waals surface area contributed by atoms with Crippen molar-refractivity contribution in [3.8, 4) is 6.07 Å². The molecule has 3 aromatic rings. The summed E-state index contributed by atoms with van der Waals surface area (Å²) in [5, 5.41) is 11.6. The van der Waals surface area contributed by atoms with Gasteiger partial charge in [0, 0.05) is 0 Å². The van der Waals surface area contributed by atoms with Crippen LogP contribution in [0.3, 0.4) is 0 Å². The Bertz CT molecular complexity index is 865. The molecule has 4 nitrogen and oxygen atoms in total. The molecule has 1 aromatic heterocycles. The number of amides is 1. The molecule has 0 saturated heterocycles. The van der Waals surface area contributed by atoms with E-state index in [9.17, 15) is 4.79 Å². The normalized spacial score (nSPS) is 11.8. The van der Waals surface area contributed by atoms with Crippen molar-refractivity contribution in [3.05, 3.63) is 54.1 Å². The van der Waals surface area contributed by atoms with E-state index in [0.717, 1.165) is 14.6 Å². The molecule has 114 valence electrons. The third-order valence-electron chi connectivity index (χ3n) is 3.23. The number of nitrogens with zero attached hydrogens (tertiary/aromatic N) is 2. The molecule has 1 heterocycles. The van der Waals surface area contributed by atoms with E-state index in [1.165, 1.54) is 11.8 Å². The SMILES string of the molecule is CC(Sc1nc2ccccc2s1)C(=O)Nc1ccccc1C#N. The molecule has 1 amide bonds. The molecule has 3 rings (SSSR count). The lowest BCUT2D eigenvalue weighted by Gasteiger charge is -2.11. The Kier molecular flexibility index (Phi) is 4.60. The largest absolute Gasteiger partial charge is 0.324 e. The van der Waals surface area contributed by atoms with E-state index < -0.39 is 0 Å². The first-order valence-corrected chi connectivity index (χ1v) is 8.69. The number of carbonyl (C=O) groups is 1. The van der Waals surface area contributed by atoms with E-state index in [2.05, 4.69) is 16.4 Å². The van der Waals surface area contributed by atoms with Crippen molar-refractivity contribution >= 4 is 44.9 Å². The summed E-state index contributed by atoms with van der Waals surface area (Å²) in [6.07, 6.45) is 0. The first kappa shape index (κ1) is 15.5. The van der Waals surface area contributed by atoms with Crippen LogP contribution in [0.15, 0.2) is 52.9 Å². The number of nitrogens with one attached hydrogen (secondary N) is 1. The zero-order valence-electron chi connectivity index (χ0n) is 12.3. The molecule has 6 heteroatoms. The summed E-state index contributed by atoms with van der Waals surface area (Å²) >= 11 is 3.00. The van der Waals surface area contributed by atoms with Gasteiger partial charge in [0.05, 0.1) is 26.7 Å². The second kappa shape index (κ2) is 6.82. The fourth-order valence-corrected chi connectivity index (χ4v) is 4.24. The van der Waals surface area contributed by atoms with Crippen LogP contribution in [-0.4, -0.2) is 16.1 Å². The Balaban J connectivity index is 1.71. The number of aromatic nitrogens is 1. The second-order valence-electron chi connectivity index (χ2n) is 4.85. The number of hydrogen-bond acceptors (Lipinski definition) is 5. The molecular weight excluding hydrogens is 326 g/mol. The fourth-order valence-electron chi connectivity index (χ4n) is 2.03. The molecule has 0 spiro atoms. The number of hydrogen-bond donors (Lipinski definition) is 1. The van der Waals surface area contributed by atoms with Crippen LogP contribution in [-0.2, 0) is 4.79 Å². The average Bonchev–Trinajstić information content (AvgIpc) is 2.97. The molecular formula is C17H13N3OS2. The molecule has 1 atom stereocenters. The van der Waals surface area contributed by atoms with E-state index in [1.807, 2.05) is 31.2 Å². The molecule has 0 aliphatic rings. The third-order valence-corrected chi connectivity index (χ3v) is 5.46. The highest BCUT2D eigenvalue weighted by molar-refractivity contribution is 8.02. The molecule has 0 aliphatic heterocycles. The zero-order chi connectivity index (χ0) is 16.2. The lowest BCUT2D eigenvalue weighted by Crippen LogP contribution is -2.22. The van der Waals surface area contributed by atoms with E-state index in [1.54, 1.807) is 35.6 Å². The first-order chi connectivity index (χ1) is 11.2. The van der Waals surface area contributed by atoms with Crippen LogP contribution in [0.2, 0.25) is 0 Å². The van der Waals surface area contributed by atoms with Gasteiger partial charge in [0.2, 0.25) is 5.91 Å². The summed E-state index contributed by atoms with van der Waals surface area (Å²) in [5.74, 6) is -0.142. The van der Waals surface area contributed by atoms with Gasteiger partial charge in [0.1, 0.15) is 6.07 Å². The lowest BCUT2D eigenvalue weighted by atomic mass is 10.2. The highest BCUT2D eigenvalue weighted by atomic mass is 32.2. The van der Waals surface area contributed by atoms with Crippen LogP contribution in [0.5, 0.6) is 0 Å². The summed E-state index contributed by atoms with van der Waals surface area (Å²) in [6.45, 7) is 1.83. The van der Waals surface area contributed by atoms with Crippen LogP contribution < -0.4 is 5.32 Å². The summed E-state index contributed by atoms with van der Waals surface area (Å²) < 4.78 is 1.97. The maximum Gasteiger partial charge on any atom is 0.237 e. The Hall–Kier alpha value is -2.36. The number of fused-ring (bicyclic) bond motifs is 1. The van der Waals surface area contributed by atoms with Gasteiger partial charge in [0.15, 0.2) is 4.34 Å². The van der Waals surface area contributed by atoms with E-state index in [0.29, 0.717) is 11.3 Å². The maximum atomic E-state index is 12.3. The number of anilines is 1. The smallest absolute Gasteiger partial charge is 0.237 e. The van der Waals surface area contributed by atoms with Crippen LogP contribution >= 0.6 is 23.1 Å². The number of rotatable bonds is 4. The predicted molar refractivity (Wildman–Crippen MR) is 94.7 cm³/mol. The zero-order valence-corrected chi connectivity index (χ0v) is 13.9. The average molecular weight is 339 g/mol. The molecule has 2 aromatic carbocycles. The Morgan fingerprint density at radius 3 is 2.78 bits per heavy atom. The molecule has 0 bridgehead atoms. The predicted octanol–water partition coefficient (Wildman–Crippen LogP) is 4.29. The lowest BCUT2D eigenvalue weighted by molar-refractivity contribution is -0.115. The number of para-hydroxylation sites is 2. The molecule has 0 saturated carbocycles. The van der Waals surface area contributed by atoms with Gasteiger partial charge in [-0.2, -0.15) is 5.26 Å². The van der Waals surface area contributed by atoms with Crippen molar-refractivity contribution < 1.29 is 4.79 Å². The minimum atomic E-state index is -0.303. The van der Waals surface area contributed by atoms with Gasteiger partial charge < -0.3 is 5.32 Å². The summed E-state index contributed by atoms with van der Waals surface area (Å²) in [4.78, 5) is 16.9. The molecule has 0 fully saturated rings. The number of thioether (sulfide) groups is 1. The summed E-state index contributed by atoms with van der Waals surface area (Å²) in [5.41, 5.74) is 1.94. The van der Waals surface area contributed by atoms with E-state index in [-0.39, 0.29) is 11.2 Å². The highest BCUT2D eigenvalue weighted by Gasteiger charge is 2.18. The number of nitriles is 1. The van der Waals surface area contributed by atoms with Crippen molar-refractivity contribution in [1.82, 2.24) is 4.98 Å². The van der Waals surface area contributed by atoms with Crippen molar-refractivity contribution in [1.29, 1.82) is 5.26 Å². The molecule has 23 heavy (non-hydrogen) atoms. The van der Waals surface area contributed by atoms with Gasteiger partial charge in [-0.15, -0.1) is 11.3 Å². The van der Waals surface area contributed by atoms with Gasteiger partial charge >= 0.3 is 0 Å². The quantitative estimate of drug-likeness (QED) is 0.720. The van der Waals surface area contributed by atoms with Gasteiger partial charge in [-0.25, -0.2) is 4.98 Å². The van der Waals surface area contributed by atoms with Gasteiger partial charge in [-0.1, -0.05) is 36.0 Å².